The van der Waals surface area contributed by atoms with Crippen molar-refractivity contribution in [3.8, 4) is 0 Å². The molecule has 1 fully saturated rings. The molecule has 0 aliphatic carbocycles. The van der Waals surface area contributed by atoms with E-state index in [1.807, 2.05) is 30.3 Å². The minimum atomic E-state index is -0.0435. The number of hydrogen-bond acceptors (Lipinski definition) is 6. The Bertz CT molecular complexity index is 927. The molecule has 7 nitrogen and oxygen atoms in total. The van der Waals surface area contributed by atoms with E-state index in [0.717, 1.165) is 37.4 Å². The Kier molecular flexibility index (Phi) is 9.77. The van der Waals surface area contributed by atoms with Gasteiger partial charge in [-0.3, -0.25) is 14.2 Å². The smallest absolute Gasteiger partial charge is 0.257 e. The van der Waals surface area contributed by atoms with Crippen LogP contribution in [-0.4, -0.2) is 59.4 Å². The van der Waals surface area contributed by atoms with Gasteiger partial charge in [-0.15, -0.1) is 0 Å². The van der Waals surface area contributed by atoms with Crippen molar-refractivity contribution in [2.75, 3.05) is 39.0 Å². The van der Waals surface area contributed by atoms with Gasteiger partial charge in [0.05, 0.1) is 12.3 Å². The Morgan fingerprint density at radius 2 is 1.97 bits per heavy atom. The molecule has 1 aliphatic rings. The highest BCUT2D eigenvalue weighted by Crippen LogP contribution is 2.19. The van der Waals surface area contributed by atoms with Crippen LogP contribution in [0.5, 0.6) is 0 Å². The van der Waals surface area contributed by atoms with Gasteiger partial charge < -0.3 is 15.0 Å². The van der Waals surface area contributed by atoms with Crippen LogP contribution in [0.4, 0.5) is 0 Å². The lowest BCUT2D eigenvalue weighted by atomic mass is 10.0. The molecule has 1 aromatic carbocycles. The highest BCUT2D eigenvalue weighted by Gasteiger charge is 2.16. The SMILES string of the molecule is COCc1nc(SCCCC(=O)NCCN2CCCC2)n(C)c(=O)c1Cc1ccccc1. The number of hydrogen-bond donors (Lipinski definition) is 1. The quantitative estimate of drug-likeness (QED) is 0.299. The average molecular weight is 459 g/mol. The van der Waals surface area contributed by atoms with E-state index in [4.69, 9.17) is 9.72 Å². The van der Waals surface area contributed by atoms with Crippen LogP contribution in [0.1, 0.15) is 42.5 Å². The second-order valence-corrected chi connectivity index (χ2v) is 9.19. The number of nitrogens with one attached hydrogen (secondary N) is 1. The number of thioether (sulfide) groups is 1. The first-order valence-corrected chi connectivity index (χ1v) is 12.3. The van der Waals surface area contributed by atoms with Gasteiger partial charge in [-0.1, -0.05) is 42.1 Å². The molecule has 1 aliphatic heterocycles. The Labute approximate surface area is 194 Å². The van der Waals surface area contributed by atoms with Gasteiger partial charge in [-0.2, -0.15) is 0 Å². The number of methoxy groups -OCH3 is 1. The third-order valence-corrected chi connectivity index (χ3v) is 6.78. The van der Waals surface area contributed by atoms with Gasteiger partial charge in [0.2, 0.25) is 5.91 Å². The Morgan fingerprint density at radius 3 is 2.69 bits per heavy atom. The molecule has 1 N–H and O–H groups in total. The zero-order valence-electron chi connectivity index (χ0n) is 19.1. The average Bonchev–Trinajstić information content (AvgIpc) is 3.31. The second kappa shape index (κ2) is 12.8. The van der Waals surface area contributed by atoms with Gasteiger partial charge in [-0.25, -0.2) is 4.98 Å². The van der Waals surface area contributed by atoms with Crippen LogP contribution < -0.4 is 10.9 Å². The van der Waals surface area contributed by atoms with Crippen LogP contribution in [0, 0.1) is 0 Å². The van der Waals surface area contributed by atoms with E-state index in [1.54, 1.807) is 18.7 Å². The van der Waals surface area contributed by atoms with E-state index in [9.17, 15) is 9.59 Å². The van der Waals surface area contributed by atoms with E-state index in [2.05, 4.69) is 10.2 Å². The van der Waals surface area contributed by atoms with Crippen molar-refractivity contribution in [2.24, 2.45) is 7.05 Å². The molecule has 0 saturated carbocycles. The molecule has 1 aromatic heterocycles. The molecule has 0 atom stereocenters. The summed E-state index contributed by atoms with van der Waals surface area (Å²) in [6.07, 6.45) is 4.28. The highest BCUT2D eigenvalue weighted by molar-refractivity contribution is 7.99. The normalized spacial score (nSPS) is 14.1. The molecule has 32 heavy (non-hydrogen) atoms. The van der Waals surface area contributed by atoms with Gasteiger partial charge in [-0.05, 0) is 37.9 Å². The second-order valence-electron chi connectivity index (χ2n) is 8.13. The summed E-state index contributed by atoms with van der Waals surface area (Å²) < 4.78 is 6.92. The number of benzene rings is 1. The fourth-order valence-electron chi connectivity index (χ4n) is 3.88. The largest absolute Gasteiger partial charge is 0.378 e. The topological polar surface area (TPSA) is 76.5 Å². The van der Waals surface area contributed by atoms with Crippen molar-refractivity contribution in [2.45, 2.75) is 43.9 Å². The third-order valence-electron chi connectivity index (χ3n) is 5.66. The van der Waals surface area contributed by atoms with Crippen molar-refractivity contribution in [3.05, 3.63) is 57.5 Å². The number of rotatable bonds is 12. The molecule has 0 bridgehead atoms. The van der Waals surface area contributed by atoms with Crippen LogP contribution in [-0.2, 0) is 29.6 Å². The van der Waals surface area contributed by atoms with Crippen molar-refractivity contribution < 1.29 is 9.53 Å². The molecule has 2 aromatic rings. The van der Waals surface area contributed by atoms with Gasteiger partial charge in [0.1, 0.15) is 0 Å². The van der Waals surface area contributed by atoms with Crippen molar-refractivity contribution in [1.82, 2.24) is 19.8 Å². The van der Waals surface area contributed by atoms with Crippen LogP contribution in [0.2, 0.25) is 0 Å². The number of amides is 1. The third kappa shape index (κ3) is 7.18. The fraction of sp³-hybridized carbons (Fsp3) is 0.542. The molecule has 1 amide bonds. The number of carbonyl (C=O) groups excluding carboxylic acids is 1. The molecule has 174 valence electrons. The Morgan fingerprint density at radius 1 is 1.22 bits per heavy atom. The van der Waals surface area contributed by atoms with Gasteiger partial charge in [0, 0.05) is 51.4 Å². The zero-order chi connectivity index (χ0) is 22.8. The predicted molar refractivity (Wildman–Crippen MR) is 128 cm³/mol. The fourth-order valence-corrected chi connectivity index (χ4v) is 4.80. The summed E-state index contributed by atoms with van der Waals surface area (Å²) in [5.74, 6) is 0.814. The molecule has 8 heteroatoms. The van der Waals surface area contributed by atoms with Crippen molar-refractivity contribution in [3.63, 3.8) is 0 Å². The standard InChI is InChI=1S/C24H34N4O3S/c1-27-23(30)20(17-19-9-4-3-5-10-19)21(18-31-2)26-24(27)32-16-8-11-22(29)25-12-15-28-13-6-7-14-28/h3-5,9-10H,6-8,11-18H2,1-2H3,(H,25,29). The van der Waals surface area contributed by atoms with E-state index >= 15 is 0 Å². The first kappa shape index (κ1) is 24.5. The van der Waals surface area contributed by atoms with Gasteiger partial charge in [0.15, 0.2) is 5.16 Å². The van der Waals surface area contributed by atoms with E-state index in [-0.39, 0.29) is 11.5 Å². The molecule has 0 unspecified atom stereocenters. The summed E-state index contributed by atoms with van der Waals surface area (Å²) in [6, 6.07) is 9.92. The maximum atomic E-state index is 13.0. The Balaban J connectivity index is 1.52. The molecule has 0 spiro atoms. The number of likely N-dealkylation sites (tertiary alicyclic amines) is 1. The van der Waals surface area contributed by atoms with E-state index in [0.29, 0.717) is 42.4 Å². The maximum absolute atomic E-state index is 13.0. The summed E-state index contributed by atoms with van der Waals surface area (Å²) in [5.41, 5.74) is 2.38. The van der Waals surface area contributed by atoms with Crippen molar-refractivity contribution >= 4 is 17.7 Å². The van der Waals surface area contributed by atoms with Gasteiger partial charge in [0.25, 0.3) is 5.56 Å². The lowest BCUT2D eigenvalue weighted by molar-refractivity contribution is -0.121. The summed E-state index contributed by atoms with van der Waals surface area (Å²) >= 11 is 1.51. The molecule has 3 rings (SSSR count). The van der Waals surface area contributed by atoms with Crippen LogP contribution in [0.3, 0.4) is 0 Å². The van der Waals surface area contributed by atoms with E-state index in [1.165, 1.54) is 24.6 Å². The number of aromatic nitrogens is 2. The van der Waals surface area contributed by atoms with Gasteiger partial charge >= 0.3 is 0 Å². The molecule has 2 heterocycles. The molecule has 1 saturated heterocycles. The monoisotopic (exact) mass is 458 g/mol. The number of ether oxygens (including phenoxy) is 1. The van der Waals surface area contributed by atoms with Crippen LogP contribution >= 0.6 is 11.8 Å². The van der Waals surface area contributed by atoms with Crippen LogP contribution in [0.15, 0.2) is 40.3 Å². The number of carbonyl (C=O) groups is 1. The first-order valence-electron chi connectivity index (χ1n) is 11.3. The first-order chi connectivity index (χ1) is 15.6. The lowest BCUT2D eigenvalue weighted by Gasteiger charge is -2.15. The minimum Gasteiger partial charge on any atom is -0.378 e. The molecule has 0 radical (unpaired) electrons. The summed E-state index contributed by atoms with van der Waals surface area (Å²) in [7, 11) is 3.37. The predicted octanol–water partition coefficient (Wildman–Crippen LogP) is 2.60. The summed E-state index contributed by atoms with van der Waals surface area (Å²) in [6.45, 7) is 4.24. The Hall–Kier alpha value is -2.16. The number of nitrogens with zero attached hydrogens (tertiary/aromatic N) is 3. The molecular formula is C24H34N4O3S. The van der Waals surface area contributed by atoms with Crippen LogP contribution in [0.25, 0.3) is 0 Å². The minimum absolute atomic E-state index is 0.0435. The van der Waals surface area contributed by atoms with Crippen molar-refractivity contribution in [1.29, 1.82) is 0 Å². The maximum Gasteiger partial charge on any atom is 0.257 e. The lowest BCUT2D eigenvalue weighted by Crippen LogP contribution is -2.33. The molecular weight excluding hydrogens is 424 g/mol. The highest BCUT2D eigenvalue weighted by atomic mass is 32.2. The summed E-state index contributed by atoms with van der Waals surface area (Å²) in [4.78, 5) is 32.2. The summed E-state index contributed by atoms with van der Waals surface area (Å²) in [5, 5.41) is 3.67. The van der Waals surface area contributed by atoms with E-state index < -0.39 is 0 Å². The zero-order valence-corrected chi connectivity index (χ0v) is 20.0.